The van der Waals surface area contributed by atoms with Crippen molar-refractivity contribution in [3.63, 3.8) is 0 Å². The monoisotopic (exact) mass is 349 g/mol. The molecule has 0 spiro atoms. The van der Waals surface area contributed by atoms with Crippen LogP contribution in [-0.4, -0.2) is 42.5 Å². The summed E-state index contributed by atoms with van der Waals surface area (Å²) in [5.74, 6) is -0.317. The maximum atomic E-state index is 12.2. The minimum atomic E-state index is -0.972. The predicted octanol–water partition coefficient (Wildman–Crippen LogP) is 2.24. The molecule has 128 valence electrons. The lowest BCUT2D eigenvalue weighted by atomic mass is 9.97. The van der Waals surface area contributed by atoms with E-state index in [1.54, 1.807) is 19.2 Å². The Hall–Kier alpha value is -1.92. The Morgan fingerprint density at radius 2 is 1.96 bits per heavy atom. The second kappa shape index (κ2) is 8.80. The maximum absolute atomic E-state index is 12.2. The molecule has 0 aliphatic carbocycles. The Morgan fingerprint density at radius 1 is 1.25 bits per heavy atom. The molecule has 5 nitrogen and oxygen atoms in total. The third kappa shape index (κ3) is 4.79. The molecule has 0 saturated heterocycles. The first-order valence-electron chi connectivity index (χ1n) is 7.50. The lowest BCUT2D eigenvalue weighted by Crippen LogP contribution is -2.33. The van der Waals surface area contributed by atoms with Crippen molar-refractivity contribution in [3.8, 4) is 11.1 Å². The molecule has 3 N–H and O–H groups in total. The molecule has 6 heteroatoms. The fraction of sp³-hybridized carbons (Fsp3) is 0.278. The van der Waals surface area contributed by atoms with Gasteiger partial charge in [0.05, 0.1) is 19.3 Å². The van der Waals surface area contributed by atoms with Gasteiger partial charge in [0, 0.05) is 24.2 Å². The summed E-state index contributed by atoms with van der Waals surface area (Å²) in [7, 11) is 1.59. The summed E-state index contributed by atoms with van der Waals surface area (Å²) in [4.78, 5) is 12.2. The molecule has 1 unspecified atom stereocenters. The highest BCUT2D eigenvalue weighted by Gasteiger charge is 2.12. The van der Waals surface area contributed by atoms with Gasteiger partial charge >= 0.3 is 0 Å². The number of aliphatic hydroxyl groups is 2. The summed E-state index contributed by atoms with van der Waals surface area (Å²) < 4.78 is 5.23. The van der Waals surface area contributed by atoms with Gasteiger partial charge < -0.3 is 20.3 Å². The van der Waals surface area contributed by atoms with Crippen molar-refractivity contribution in [2.45, 2.75) is 12.7 Å². The molecule has 0 fully saturated rings. The molecule has 0 aliphatic heterocycles. The number of methoxy groups -OCH3 is 1. The zero-order chi connectivity index (χ0) is 17.5. The van der Waals surface area contributed by atoms with E-state index < -0.39 is 12.7 Å². The van der Waals surface area contributed by atoms with Gasteiger partial charge in [0.1, 0.15) is 0 Å². The molecule has 0 radical (unpaired) electrons. The van der Waals surface area contributed by atoms with Gasteiger partial charge in [-0.2, -0.15) is 0 Å². The number of ether oxygens (including phenoxy) is 1. The lowest BCUT2D eigenvalue weighted by Gasteiger charge is -2.13. The molecule has 0 saturated carbocycles. The van der Waals surface area contributed by atoms with Crippen molar-refractivity contribution in [2.24, 2.45) is 0 Å². The molecule has 1 amide bonds. The van der Waals surface area contributed by atoms with E-state index in [1.165, 1.54) is 0 Å². The summed E-state index contributed by atoms with van der Waals surface area (Å²) in [6.45, 7) is -0.0447. The first-order chi connectivity index (χ1) is 11.5. The summed E-state index contributed by atoms with van der Waals surface area (Å²) in [6.07, 6.45) is -0.972. The molecule has 2 aromatic carbocycles. The Bertz CT molecular complexity index is 688. The average Bonchev–Trinajstić information content (AvgIpc) is 2.60. The molecule has 0 aliphatic rings. The first kappa shape index (κ1) is 18.4. The SMILES string of the molecule is COCc1cc(C(=O)NCC(O)CO)ccc1-c1ccc(Cl)cc1. The van der Waals surface area contributed by atoms with Gasteiger partial charge in [-0.1, -0.05) is 29.8 Å². The molecule has 2 aromatic rings. The van der Waals surface area contributed by atoms with E-state index in [1.807, 2.05) is 30.3 Å². The van der Waals surface area contributed by atoms with Crippen molar-refractivity contribution in [2.75, 3.05) is 20.3 Å². The second-order valence-electron chi connectivity index (χ2n) is 5.36. The minimum Gasteiger partial charge on any atom is -0.394 e. The molecule has 24 heavy (non-hydrogen) atoms. The number of benzene rings is 2. The summed E-state index contributed by atoms with van der Waals surface area (Å²) >= 11 is 5.92. The van der Waals surface area contributed by atoms with E-state index in [0.29, 0.717) is 17.2 Å². The van der Waals surface area contributed by atoms with Gasteiger partial charge in [0.15, 0.2) is 0 Å². The van der Waals surface area contributed by atoms with Crippen LogP contribution < -0.4 is 5.32 Å². The topological polar surface area (TPSA) is 78.8 Å². The number of aliphatic hydroxyl groups excluding tert-OH is 2. The van der Waals surface area contributed by atoms with Gasteiger partial charge in [0.2, 0.25) is 0 Å². The van der Waals surface area contributed by atoms with E-state index in [4.69, 9.17) is 21.4 Å². The van der Waals surface area contributed by atoms with Gasteiger partial charge in [0.25, 0.3) is 5.91 Å². The van der Waals surface area contributed by atoms with Crippen LogP contribution in [-0.2, 0) is 11.3 Å². The van der Waals surface area contributed by atoms with Crippen LogP contribution >= 0.6 is 11.6 Å². The molecule has 0 heterocycles. The highest BCUT2D eigenvalue weighted by molar-refractivity contribution is 6.30. The number of carbonyl (C=O) groups is 1. The van der Waals surface area contributed by atoms with Crippen LogP contribution in [0.2, 0.25) is 5.02 Å². The number of nitrogens with one attached hydrogen (secondary N) is 1. The van der Waals surface area contributed by atoms with E-state index in [2.05, 4.69) is 5.32 Å². The number of carbonyl (C=O) groups excluding carboxylic acids is 1. The van der Waals surface area contributed by atoms with Crippen LogP contribution in [0.3, 0.4) is 0 Å². The fourth-order valence-electron chi connectivity index (χ4n) is 2.30. The van der Waals surface area contributed by atoms with Gasteiger partial charge in [-0.15, -0.1) is 0 Å². The zero-order valence-corrected chi connectivity index (χ0v) is 14.1. The molecular weight excluding hydrogens is 330 g/mol. The average molecular weight is 350 g/mol. The van der Waals surface area contributed by atoms with Crippen molar-refractivity contribution < 1.29 is 19.7 Å². The van der Waals surface area contributed by atoms with Crippen LogP contribution in [0.4, 0.5) is 0 Å². The summed E-state index contributed by atoms with van der Waals surface area (Å²) in [5.41, 5.74) is 3.27. The van der Waals surface area contributed by atoms with Gasteiger partial charge in [-0.25, -0.2) is 0 Å². The third-order valence-electron chi connectivity index (χ3n) is 3.53. The largest absolute Gasteiger partial charge is 0.394 e. The Kier molecular flexibility index (Phi) is 6.75. The van der Waals surface area contributed by atoms with Crippen molar-refractivity contribution >= 4 is 17.5 Å². The molecule has 0 aromatic heterocycles. The van der Waals surface area contributed by atoms with Crippen LogP contribution in [0.1, 0.15) is 15.9 Å². The zero-order valence-electron chi connectivity index (χ0n) is 13.3. The van der Waals surface area contributed by atoms with Crippen LogP contribution in [0.25, 0.3) is 11.1 Å². The normalized spacial score (nSPS) is 12.0. The Labute approximate surface area is 145 Å². The second-order valence-corrected chi connectivity index (χ2v) is 5.79. The van der Waals surface area contributed by atoms with Crippen molar-refractivity contribution in [3.05, 3.63) is 58.6 Å². The molecule has 0 bridgehead atoms. The quantitative estimate of drug-likeness (QED) is 0.716. The van der Waals surface area contributed by atoms with Gasteiger partial charge in [-0.3, -0.25) is 4.79 Å². The van der Waals surface area contributed by atoms with E-state index in [-0.39, 0.29) is 12.5 Å². The first-order valence-corrected chi connectivity index (χ1v) is 7.88. The number of hydrogen-bond donors (Lipinski definition) is 3. The maximum Gasteiger partial charge on any atom is 0.251 e. The highest BCUT2D eigenvalue weighted by atomic mass is 35.5. The van der Waals surface area contributed by atoms with E-state index in [0.717, 1.165) is 16.7 Å². The van der Waals surface area contributed by atoms with E-state index in [9.17, 15) is 9.90 Å². The summed E-state index contributed by atoms with van der Waals surface area (Å²) in [6, 6.07) is 12.8. The molecule has 2 rings (SSSR count). The highest BCUT2D eigenvalue weighted by Crippen LogP contribution is 2.27. The van der Waals surface area contributed by atoms with Crippen LogP contribution in [0, 0.1) is 0 Å². The minimum absolute atomic E-state index is 0.00607. The standard InChI is InChI=1S/C18H20ClNO4/c1-24-11-14-8-13(18(23)20-9-16(22)10-21)4-7-17(14)12-2-5-15(19)6-3-12/h2-8,16,21-22H,9-11H2,1H3,(H,20,23). The molecular formula is C18H20ClNO4. The Balaban J connectivity index is 2.25. The number of halogens is 1. The van der Waals surface area contributed by atoms with E-state index >= 15 is 0 Å². The van der Waals surface area contributed by atoms with Crippen LogP contribution in [0.5, 0.6) is 0 Å². The van der Waals surface area contributed by atoms with Crippen molar-refractivity contribution in [1.29, 1.82) is 0 Å². The van der Waals surface area contributed by atoms with Crippen LogP contribution in [0.15, 0.2) is 42.5 Å². The Morgan fingerprint density at radius 3 is 2.58 bits per heavy atom. The number of amides is 1. The third-order valence-corrected chi connectivity index (χ3v) is 3.78. The molecule has 1 atom stereocenters. The lowest BCUT2D eigenvalue weighted by molar-refractivity contribution is 0.0802. The summed E-state index contributed by atoms with van der Waals surface area (Å²) in [5, 5.41) is 21.3. The smallest absolute Gasteiger partial charge is 0.251 e. The number of hydrogen-bond acceptors (Lipinski definition) is 4. The van der Waals surface area contributed by atoms with Gasteiger partial charge in [-0.05, 0) is 41.0 Å². The van der Waals surface area contributed by atoms with Crippen molar-refractivity contribution in [1.82, 2.24) is 5.32 Å². The number of rotatable bonds is 7. The fourth-order valence-corrected chi connectivity index (χ4v) is 2.42. The predicted molar refractivity (Wildman–Crippen MR) is 93.0 cm³/mol.